The third-order valence-corrected chi connectivity index (χ3v) is 5.35. The van der Waals surface area contributed by atoms with Crippen molar-refractivity contribution in [1.82, 2.24) is 24.8 Å². The second kappa shape index (κ2) is 5.17. The maximum atomic E-state index is 12.8. The van der Waals surface area contributed by atoms with Crippen LogP contribution in [0.5, 0.6) is 0 Å². The molecule has 122 valence electrons. The van der Waals surface area contributed by atoms with E-state index in [2.05, 4.69) is 30.9 Å². The normalized spacial score (nSPS) is 20.4. The number of carbonyl (C=O) groups is 1. The molecule has 7 heteroatoms. The van der Waals surface area contributed by atoms with Gasteiger partial charge in [0, 0.05) is 29.1 Å². The van der Waals surface area contributed by atoms with Gasteiger partial charge in [-0.1, -0.05) is 15.9 Å². The Morgan fingerprint density at radius 3 is 3.04 bits per heavy atom. The number of rotatable bonds is 2. The summed E-state index contributed by atoms with van der Waals surface area (Å²) in [5, 5.41) is 0. The highest BCUT2D eigenvalue weighted by molar-refractivity contribution is 9.10. The maximum Gasteiger partial charge on any atom is 0.226 e. The molecule has 1 fully saturated rings. The second-order valence-electron chi connectivity index (χ2n) is 6.51. The zero-order valence-electron chi connectivity index (χ0n) is 12.9. The molecule has 1 aliphatic carbocycles. The highest BCUT2D eigenvalue weighted by Crippen LogP contribution is 2.38. The zero-order valence-corrected chi connectivity index (χ0v) is 14.5. The molecule has 1 amide bonds. The minimum atomic E-state index is -0.237. The first-order chi connectivity index (χ1) is 11.7. The molecule has 6 nitrogen and oxygen atoms in total. The first-order valence-electron chi connectivity index (χ1n) is 8.18. The van der Waals surface area contributed by atoms with Gasteiger partial charge in [-0.05, 0) is 31.0 Å². The van der Waals surface area contributed by atoms with Gasteiger partial charge in [0.25, 0.3) is 0 Å². The summed E-state index contributed by atoms with van der Waals surface area (Å²) in [6, 6.07) is 5.72. The Hall–Kier alpha value is -2.15. The number of fused-ring (bicyclic) bond motifs is 2. The molecule has 0 saturated heterocycles. The lowest BCUT2D eigenvalue weighted by molar-refractivity contribution is -0.134. The van der Waals surface area contributed by atoms with Crippen LogP contribution in [0.3, 0.4) is 0 Å². The van der Waals surface area contributed by atoms with Crippen molar-refractivity contribution in [3.05, 3.63) is 46.2 Å². The van der Waals surface area contributed by atoms with Gasteiger partial charge in [-0.15, -0.1) is 0 Å². The van der Waals surface area contributed by atoms with E-state index in [9.17, 15) is 4.79 Å². The zero-order chi connectivity index (χ0) is 16.3. The van der Waals surface area contributed by atoms with Crippen LogP contribution in [0.1, 0.15) is 36.1 Å². The van der Waals surface area contributed by atoms with Gasteiger partial charge in [-0.25, -0.2) is 9.97 Å². The Labute approximate surface area is 146 Å². The van der Waals surface area contributed by atoms with E-state index < -0.39 is 0 Å². The van der Waals surface area contributed by atoms with Crippen molar-refractivity contribution in [2.24, 2.45) is 5.92 Å². The van der Waals surface area contributed by atoms with Crippen molar-refractivity contribution in [1.29, 1.82) is 0 Å². The Bertz CT molecular complexity index is 942. The second-order valence-corrected chi connectivity index (χ2v) is 7.42. The lowest BCUT2D eigenvalue weighted by Crippen LogP contribution is -2.42. The first kappa shape index (κ1) is 14.2. The Morgan fingerprint density at radius 1 is 1.33 bits per heavy atom. The quantitative estimate of drug-likeness (QED) is 0.711. The van der Waals surface area contributed by atoms with Gasteiger partial charge in [0.2, 0.25) is 5.91 Å². The summed E-state index contributed by atoms with van der Waals surface area (Å²) in [4.78, 5) is 30.6. The summed E-state index contributed by atoms with van der Waals surface area (Å²) >= 11 is 3.49. The molecule has 1 aliphatic heterocycles. The Kier molecular flexibility index (Phi) is 3.06. The van der Waals surface area contributed by atoms with Crippen LogP contribution in [-0.2, 0) is 11.2 Å². The summed E-state index contributed by atoms with van der Waals surface area (Å²) in [5.41, 5.74) is 3.87. The van der Waals surface area contributed by atoms with E-state index in [1.165, 1.54) is 0 Å². The number of H-pyrrole nitrogens is 2. The first-order valence-corrected chi connectivity index (χ1v) is 8.98. The van der Waals surface area contributed by atoms with Crippen molar-refractivity contribution >= 4 is 32.9 Å². The summed E-state index contributed by atoms with van der Waals surface area (Å²) in [6.07, 6.45) is 4.53. The number of nitrogens with zero attached hydrogens (tertiary/aromatic N) is 3. The van der Waals surface area contributed by atoms with Crippen LogP contribution in [0.2, 0.25) is 0 Å². The standard InChI is InChI=1S/C17H16BrN5O/c18-10-3-4-11-13(7-10)22-16(21-11)15-14-12(19-8-20-14)5-6-23(15)17(24)9-1-2-9/h3-4,7-9,15H,1-2,5-6H2,(H,19,20)(H,21,22)/t15-/m0/s1. The third-order valence-electron chi connectivity index (χ3n) is 4.86. The number of benzene rings is 1. The van der Waals surface area contributed by atoms with Crippen molar-refractivity contribution in [2.45, 2.75) is 25.3 Å². The van der Waals surface area contributed by atoms with Crippen molar-refractivity contribution in [2.75, 3.05) is 6.54 Å². The lowest BCUT2D eigenvalue weighted by atomic mass is 10.0. The minimum absolute atomic E-state index is 0.187. The fraction of sp³-hybridized carbons (Fsp3) is 0.353. The highest BCUT2D eigenvalue weighted by Gasteiger charge is 2.41. The van der Waals surface area contributed by atoms with Gasteiger partial charge in [-0.2, -0.15) is 0 Å². The van der Waals surface area contributed by atoms with E-state index in [0.29, 0.717) is 6.54 Å². The smallest absolute Gasteiger partial charge is 0.226 e. The van der Waals surface area contributed by atoms with Gasteiger partial charge in [0.15, 0.2) is 0 Å². The van der Waals surface area contributed by atoms with E-state index >= 15 is 0 Å². The molecule has 2 N–H and O–H groups in total. The van der Waals surface area contributed by atoms with Gasteiger partial charge in [0.05, 0.1) is 23.1 Å². The average molecular weight is 386 g/mol. The van der Waals surface area contributed by atoms with Crippen molar-refractivity contribution in [3.8, 4) is 0 Å². The third kappa shape index (κ3) is 2.18. The molecule has 1 aromatic carbocycles. The highest BCUT2D eigenvalue weighted by atomic mass is 79.9. The van der Waals surface area contributed by atoms with Gasteiger partial charge in [-0.3, -0.25) is 4.79 Å². The van der Waals surface area contributed by atoms with Crippen molar-refractivity contribution < 1.29 is 4.79 Å². The number of hydrogen-bond acceptors (Lipinski definition) is 3. The molecule has 3 heterocycles. The molecule has 3 aromatic rings. The van der Waals surface area contributed by atoms with E-state index in [0.717, 1.165) is 52.0 Å². The van der Waals surface area contributed by atoms with Crippen LogP contribution in [0.15, 0.2) is 29.0 Å². The van der Waals surface area contributed by atoms with Crippen LogP contribution >= 0.6 is 15.9 Å². The number of halogens is 1. The number of hydrogen-bond donors (Lipinski definition) is 2. The summed E-state index contributed by atoms with van der Waals surface area (Å²) in [5.74, 6) is 1.20. The van der Waals surface area contributed by atoms with Gasteiger partial charge < -0.3 is 14.9 Å². The molecule has 2 aliphatic rings. The SMILES string of the molecule is O=C(C1CC1)N1CCc2[nH]cnc2[C@H]1c1nc2ccc(Br)cc2[nH]1. The molecular formula is C17H16BrN5O. The largest absolute Gasteiger partial charge is 0.348 e. The molecule has 0 bridgehead atoms. The fourth-order valence-corrected chi connectivity index (χ4v) is 3.85. The van der Waals surface area contributed by atoms with E-state index in [1.807, 2.05) is 23.1 Å². The monoisotopic (exact) mass is 385 g/mol. The molecule has 2 aromatic heterocycles. The summed E-state index contributed by atoms with van der Waals surface area (Å²) < 4.78 is 1.00. The molecule has 0 unspecified atom stereocenters. The number of aromatic amines is 2. The molecule has 1 atom stereocenters. The number of carbonyl (C=O) groups excluding carboxylic acids is 1. The van der Waals surface area contributed by atoms with E-state index in [1.54, 1.807) is 6.33 Å². The number of amides is 1. The molecule has 5 rings (SSSR count). The number of imidazole rings is 2. The number of aromatic nitrogens is 4. The Balaban J connectivity index is 1.64. The van der Waals surface area contributed by atoms with Gasteiger partial charge >= 0.3 is 0 Å². The molecule has 1 saturated carbocycles. The minimum Gasteiger partial charge on any atom is -0.348 e. The lowest BCUT2D eigenvalue weighted by Gasteiger charge is -2.34. The van der Waals surface area contributed by atoms with E-state index in [4.69, 9.17) is 4.98 Å². The molecule has 0 spiro atoms. The van der Waals surface area contributed by atoms with Crippen LogP contribution < -0.4 is 0 Å². The summed E-state index contributed by atoms with van der Waals surface area (Å²) in [6.45, 7) is 0.704. The Morgan fingerprint density at radius 2 is 2.21 bits per heavy atom. The maximum absolute atomic E-state index is 12.8. The predicted molar refractivity (Wildman–Crippen MR) is 92.4 cm³/mol. The molecular weight excluding hydrogens is 370 g/mol. The number of nitrogens with one attached hydrogen (secondary N) is 2. The van der Waals surface area contributed by atoms with Crippen LogP contribution in [0.4, 0.5) is 0 Å². The average Bonchev–Trinajstić information content (AvgIpc) is 3.17. The topological polar surface area (TPSA) is 77.7 Å². The fourth-order valence-electron chi connectivity index (χ4n) is 3.49. The molecule has 24 heavy (non-hydrogen) atoms. The van der Waals surface area contributed by atoms with Gasteiger partial charge in [0.1, 0.15) is 11.9 Å². The van der Waals surface area contributed by atoms with E-state index in [-0.39, 0.29) is 17.9 Å². The molecule has 0 radical (unpaired) electrons. The predicted octanol–water partition coefficient (Wildman–Crippen LogP) is 2.93. The van der Waals surface area contributed by atoms with Crippen LogP contribution in [-0.4, -0.2) is 37.3 Å². The van der Waals surface area contributed by atoms with Crippen LogP contribution in [0, 0.1) is 5.92 Å². The summed E-state index contributed by atoms with van der Waals surface area (Å²) in [7, 11) is 0. The van der Waals surface area contributed by atoms with Crippen molar-refractivity contribution in [3.63, 3.8) is 0 Å². The van der Waals surface area contributed by atoms with Crippen LogP contribution in [0.25, 0.3) is 11.0 Å².